The summed E-state index contributed by atoms with van der Waals surface area (Å²) in [6, 6.07) is 14.5. The van der Waals surface area contributed by atoms with Gasteiger partial charge in [-0.1, -0.05) is 30.3 Å². The Hall–Kier alpha value is -2.75. The smallest absolute Gasteiger partial charge is 0.263 e. The highest BCUT2D eigenvalue weighted by Crippen LogP contribution is 2.28. The number of piperazine rings is 1. The largest absolute Gasteiger partial charge is 0.336 e. The lowest BCUT2D eigenvalue weighted by Crippen LogP contribution is -2.51. The van der Waals surface area contributed by atoms with Crippen molar-refractivity contribution in [2.45, 2.75) is 25.3 Å². The van der Waals surface area contributed by atoms with Gasteiger partial charge < -0.3 is 9.47 Å². The van der Waals surface area contributed by atoms with Gasteiger partial charge in [0.1, 0.15) is 5.56 Å². The molecule has 0 bridgehead atoms. The lowest BCUT2D eigenvalue weighted by molar-refractivity contribution is 0.0695. The number of rotatable bonds is 5. The fourth-order valence-electron chi connectivity index (χ4n) is 3.91. The number of aryl methyl sites for hydroxylation is 2. The number of aromatic nitrogens is 1. The second-order valence-electron chi connectivity index (χ2n) is 7.81. The molecule has 0 unspecified atom stereocenters. The van der Waals surface area contributed by atoms with Crippen LogP contribution in [-0.2, 0) is 16.6 Å². The van der Waals surface area contributed by atoms with Crippen LogP contribution in [0.1, 0.15) is 25.7 Å². The Morgan fingerprint density at radius 2 is 1.69 bits per heavy atom. The van der Waals surface area contributed by atoms with Gasteiger partial charge in [0.25, 0.3) is 11.5 Å². The molecule has 1 amide bonds. The van der Waals surface area contributed by atoms with E-state index in [9.17, 15) is 18.0 Å². The summed E-state index contributed by atoms with van der Waals surface area (Å²) in [6.45, 7) is 4.96. The monoisotopic (exact) mass is 471 g/mol. The molecule has 3 aromatic rings. The number of hydrogen-bond acceptors (Lipinski definition) is 5. The molecule has 0 radical (unpaired) electrons. The lowest BCUT2D eigenvalue weighted by Gasteiger charge is -2.34. The number of thiophene rings is 1. The van der Waals surface area contributed by atoms with Crippen molar-refractivity contribution in [2.75, 3.05) is 26.2 Å². The summed E-state index contributed by atoms with van der Waals surface area (Å²) in [5.41, 5.74) is 0.724. The molecule has 9 heteroatoms. The van der Waals surface area contributed by atoms with Gasteiger partial charge in [0.2, 0.25) is 10.0 Å². The molecule has 2 aromatic heterocycles. The van der Waals surface area contributed by atoms with Crippen LogP contribution in [0, 0.1) is 13.8 Å². The maximum Gasteiger partial charge on any atom is 0.263 e. The minimum atomic E-state index is -3.60. The van der Waals surface area contributed by atoms with E-state index in [1.807, 2.05) is 37.3 Å². The van der Waals surface area contributed by atoms with Crippen LogP contribution in [0.5, 0.6) is 0 Å². The highest BCUT2D eigenvalue weighted by Gasteiger charge is 2.32. The van der Waals surface area contributed by atoms with E-state index in [1.54, 1.807) is 30.2 Å². The van der Waals surface area contributed by atoms with Gasteiger partial charge in [0.15, 0.2) is 0 Å². The topological polar surface area (TPSA) is 79.7 Å². The molecule has 0 N–H and O–H groups in total. The normalized spacial score (nSPS) is 15.1. The number of hydrogen-bond donors (Lipinski definition) is 0. The first-order valence-electron chi connectivity index (χ1n) is 10.4. The third kappa shape index (κ3) is 4.41. The van der Waals surface area contributed by atoms with Crippen molar-refractivity contribution in [3.8, 4) is 0 Å². The van der Waals surface area contributed by atoms with Crippen LogP contribution >= 0.6 is 11.3 Å². The Bertz CT molecular complexity index is 1290. The average Bonchev–Trinajstić information content (AvgIpc) is 3.14. The van der Waals surface area contributed by atoms with Gasteiger partial charge in [0.05, 0.1) is 11.4 Å². The van der Waals surface area contributed by atoms with Gasteiger partial charge in [-0.05, 0) is 37.6 Å². The van der Waals surface area contributed by atoms with Crippen molar-refractivity contribution < 1.29 is 13.2 Å². The van der Waals surface area contributed by atoms with E-state index >= 15 is 0 Å². The number of benzene rings is 1. The average molecular weight is 472 g/mol. The summed E-state index contributed by atoms with van der Waals surface area (Å²) in [7, 11) is -3.60. The van der Waals surface area contributed by atoms with Crippen molar-refractivity contribution >= 4 is 27.3 Å². The van der Waals surface area contributed by atoms with Crippen molar-refractivity contribution in [3.05, 3.63) is 86.0 Å². The van der Waals surface area contributed by atoms with Crippen molar-refractivity contribution in [1.82, 2.24) is 13.8 Å². The summed E-state index contributed by atoms with van der Waals surface area (Å²) in [4.78, 5) is 29.6. The van der Waals surface area contributed by atoms with Crippen LogP contribution < -0.4 is 5.56 Å². The van der Waals surface area contributed by atoms with E-state index in [2.05, 4.69) is 0 Å². The first-order chi connectivity index (χ1) is 15.3. The third-order valence-electron chi connectivity index (χ3n) is 5.59. The molecule has 7 nitrogen and oxygen atoms in total. The molecule has 1 aromatic carbocycles. The molecule has 3 heterocycles. The number of carbonyl (C=O) groups is 1. The first-order valence-corrected chi connectivity index (χ1v) is 12.6. The zero-order valence-electron chi connectivity index (χ0n) is 18.0. The Kier molecular flexibility index (Phi) is 6.32. The highest BCUT2D eigenvalue weighted by molar-refractivity contribution is 7.89. The molecule has 1 fully saturated rings. The summed E-state index contributed by atoms with van der Waals surface area (Å²) >= 11 is 1.46. The van der Waals surface area contributed by atoms with Gasteiger partial charge in [-0.3, -0.25) is 9.59 Å². The summed E-state index contributed by atoms with van der Waals surface area (Å²) < 4.78 is 29.0. The SMILES string of the molecule is Cc1cc(S(=O)(=O)N2CCN(C(=O)c3cccn(Cc4ccccc4)c3=O)CC2)c(C)s1. The van der Waals surface area contributed by atoms with Crippen LogP contribution in [0.3, 0.4) is 0 Å². The lowest BCUT2D eigenvalue weighted by atomic mass is 10.2. The second kappa shape index (κ2) is 9.01. The van der Waals surface area contributed by atoms with Crippen LogP contribution in [0.15, 0.2) is 64.4 Å². The molecule has 0 atom stereocenters. The second-order valence-corrected chi connectivity index (χ2v) is 11.2. The molecule has 0 aliphatic carbocycles. The Morgan fingerprint density at radius 3 is 2.31 bits per heavy atom. The van der Waals surface area contributed by atoms with Crippen LogP contribution in [0.25, 0.3) is 0 Å². The van der Waals surface area contributed by atoms with E-state index in [0.717, 1.165) is 15.3 Å². The van der Waals surface area contributed by atoms with Crippen LogP contribution in [0.2, 0.25) is 0 Å². The molecular weight excluding hydrogens is 446 g/mol. The van der Waals surface area contributed by atoms with Gasteiger partial charge in [0, 0.05) is 42.1 Å². The van der Waals surface area contributed by atoms with Crippen LogP contribution in [0.4, 0.5) is 0 Å². The van der Waals surface area contributed by atoms with E-state index in [-0.39, 0.29) is 43.2 Å². The molecule has 1 saturated heterocycles. The zero-order chi connectivity index (χ0) is 22.9. The standard InChI is InChI=1S/C23H25N3O4S2/c1-17-15-21(18(2)31-17)32(29,30)26-13-11-24(12-14-26)22(27)20-9-6-10-25(23(20)28)16-19-7-4-3-5-8-19/h3-10,15H,11-14,16H2,1-2H3. The fourth-order valence-corrected chi connectivity index (χ4v) is 6.85. The van der Waals surface area contributed by atoms with Crippen molar-refractivity contribution in [1.29, 1.82) is 0 Å². The molecule has 1 aliphatic heterocycles. The van der Waals surface area contributed by atoms with Gasteiger partial charge >= 0.3 is 0 Å². The van der Waals surface area contributed by atoms with Gasteiger partial charge in [-0.15, -0.1) is 11.3 Å². The third-order valence-corrected chi connectivity index (χ3v) is 8.71. The highest BCUT2D eigenvalue weighted by atomic mass is 32.2. The summed E-state index contributed by atoms with van der Waals surface area (Å²) in [6.07, 6.45) is 1.67. The fraction of sp³-hybridized carbons (Fsp3) is 0.304. The van der Waals surface area contributed by atoms with E-state index in [4.69, 9.17) is 0 Å². The van der Waals surface area contributed by atoms with E-state index in [1.165, 1.54) is 26.3 Å². The summed E-state index contributed by atoms with van der Waals surface area (Å²) in [5, 5.41) is 0. The Morgan fingerprint density at radius 1 is 1.00 bits per heavy atom. The van der Waals surface area contributed by atoms with Gasteiger partial charge in [-0.2, -0.15) is 4.31 Å². The minimum absolute atomic E-state index is 0.101. The number of sulfonamides is 1. The molecule has 32 heavy (non-hydrogen) atoms. The minimum Gasteiger partial charge on any atom is -0.336 e. The number of carbonyl (C=O) groups excluding carboxylic acids is 1. The summed E-state index contributed by atoms with van der Waals surface area (Å²) in [5.74, 6) is -0.364. The van der Waals surface area contributed by atoms with Crippen molar-refractivity contribution in [2.24, 2.45) is 0 Å². The Labute approximate surface area is 191 Å². The van der Waals surface area contributed by atoms with E-state index in [0.29, 0.717) is 11.4 Å². The predicted molar refractivity (Wildman–Crippen MR) is 125 cm³/mol. The first kappa shape index (κ1) is 22.4. The predicted octanol–water partition coefficient (Wildman–Crippen LogP) is 2.72. The number of pyridine rings is 1. The number of amides is 1. The Balaban J connectivity index is 1.48. The number of nitrogens with zero attached hydrogens (tertiary/aromatic N) is 3. The van der Waals surface area contributed by atoms with Crippen molar-refractivity contribution in [3.63, 3.8) is 0 Å². The molecule has 168 valence electrons. The maximum absolute atomic E-state index is 13.1. The van der Waals surface area contributed by atoms with Crippen LogP contribution in [-0.4, -0.2) is 54.3 Å². The molecule has 4 rings (SSSR count). The quantitative estimate of drug-likeness (QED) is 0.573. The molecule has 1 aliphatic rings. The molecule has 0 saturated carbocycles. The maximum atomic E-state index is 13.1. The molecule has 0 spiro atoms. The zero-order valence-corrected chi connectivity index (χ0v) is 19.7. The van der Waals surface area contributed by atoms with E-state index < -0.39 is 10.0 Å². The molecular formula is C23H25N3O4S2. The van der Waals surface area contributed by atoms with Gasteiger partial charge in [-0.25, -0.2) is 8.42 Å².